The fourth-order valence-corrected chi connectivity index (χ4v) is 2.04. The number of alkyl halides is 3. The summed E-state index contributed by atoms with van der Waals surface area (Å²) in [4.78, 5) is 25.4. The number of nitrogens with zero attached hydrogens (tertiary/aromatic N) is 2. The lowest BCUT2D eigenvalue weighted by atomic mass is 10.1. The second-order valence-electron chi connectivity index (χ2n) is 4.88. The molecular weight excluding hydrogens is 301 g/mol. The molecule has 22 heavy (non-hydrogen) atoms. The van der Waals surface area contributed by atoms with Gasteiger partial charge in [0.2, 0.25) is 6.41 Å². The second kappa shape index (κ2) is 6.67. The van der Waals surface area contributed by atoms with Crippen molar-refractivity contribution in [2.24, 2.45) is 0 Å². The van der Waals surface area contributed by atoms with Crippen molar-refractivity contribution < 1.29 is 27.5 Å². The molecule has 0 aromatic heterocycles. The van der Waals surface area contributed by atoms with Crippen LogP contribution in [0.25, 0.3) is 0 Å². The number of carbonyl (C=O) groups excluding carboxylic acids is 2. The van der Waals surface area contributed by atoms with Crippen molar-refractivity contribution in [3.63, 3.8) is 0 Å². The molecule has 120 valence electrons. The number of ether oxygens (including phenoxy) is 1. The number of halogens is 3. The van der Waals surface area contributed by atoms with Crippen LogP contribution in [0.4, 0.5) is 18.0 Å². The van der Waals surface area contributed by atoms with Crippen LogP contribution in [-0.2, 0) is 22.3 Å². The van der Waals surface area contributed by atoms with Gasteiger partial charge in [0.1, 0.15) is 6.61 Å². The third kappa shape index (κ3) is 4.12. The van der Waals surface area contributed by atoms with Crippen LogP contribution in [-0.4, -0.2) is 48.5 Å². The van der Waals surface area contributed by atoms with Gasteiger partial charge < -0.3 is 14.5 Å². The third-order valence-electron chi connectivity index (χ3n) is 3.37. The number of hydrogen-bond acceptors (Lipinski definition) is 3. The molecule has 2 amide bonds. The van der Waals surface area contributed by atoms with E-state index in [1.54, 1.807) is 4.90 Å². The monoisotopic (exact) mass is 316 g/mol. The van der Waals surface area contributed by atoms with Gasteiger partial charge in [-0.2, -0.15) is 13.2 Å². The van der Waals surface area contributed by atoms with Gasteiger partial charge >= 0.3 is 12.3 Å². The summed E-state index contributed by atoms with van der Waals surface area (Å²) in [6.45, 7) is 1.55. The minimum Gasteiger partial charge on any atom is -0.445 e. The van der Waals surface area contributed by atoms with Gasteiger partial charge in [0.25, 0.3) is 0 Å². The highest BCUT2D eigenvalue weighted by atomic mass is 19.4. The van der Waals surface area contributed by atoms with Crippen molar-refractivity contribution in [2.75, 3.05) is 26.2 Å². The number of hydrogen-bond donors (Lipinski definition) is 0. The van der Waals surface area contributed by atoms with Gasteiger partial charge in [-0.1, -0.05) is 12.1 Å². The topological polar surface area (TPSA) is 49.9 Å². The van der Waals surface area contributed by atoms with E-state index in [0.29, 0.717) is 31.7 Å². The van der Waals surface area contributed by atoms with Crippen molar-refractivity contribution in [1.29, 1.82) is 0 Å². The molecule has 1 fully saturated rings. The third-order valence-corrected chi connectivity index (χ3v) is 3.37. The summed E-state index contributed by atoms with van der Waals surface area (Å²) in [6, 6.07) is 4.46. The van der Waals surface area contributed by atoms with Crippen LogP contribution in [0.1, 0.15) is 11.1 Å². The standard InChI is InChI=1S/C14H15F3N2O3/c15-14(16,17)12-3-1-11(2-4-12)9-22-13(21)19-7-5-18(10-20)6-8-19/h1-4,10H,5-9H2. The molecule has 0 N–H and O–H groups in total. The lowest BCUT2D eigenvalue weighted by Crippen LogP contribution is -2.48. The molecule has 0 aliphatic carbocycles. The Morgan fingerprint density at radius 2 is 1.73 bits per heavy atom. The number of piperazine rings is 1. The average molecular weight is 316 g/mol. The summed E-state index contributed by atoms with van der Waals surface area (Å²) < 4.78 is 42.3. The Bertz CT molecular complexity index is 523. The van der Waals surface area contributed by atoms with Crippen molar-refractivity contribution in [1.82, 2.24) is 9.80 Å². The number of carbonyl (C=O) groups is 2. The Balaban J connectivity index is 1.83. The first-order valence-electron chi connectivity index (χ1n) is 6.67. The van der Waals surface area contributed by atoms with Crippen LogP contribution in [0.15, 0.2) is 24.3 Å². The van der Waals surface area contributed by atoms with Crippen molar-refractivity contribution in [3.8, 4) is 0 Å². The summed E-state index contributed by atoms with van der Waals surface area (Å²) in [5.74, 6) is 0. The predicted molar refractivity (Wildman–Crippen MR) is 70.8 cm³/mol. The fraction of sp³-hybridized carbons (Fsp3) is 0.429. The van der Waals surface area contributed by atoms with E-state index in [9.17, 15) is 22.8 Å². The van der Waals surface area contributed by atoms with Crippen molar-refractivity contribution in [2.45, 2.75) is 12.8 Å². The Morgan fingerprint density at radius 1 is 1.14 bits per heavy atom. The minimum absolute atomic E-state index is 0.0924. The lowest BCUT2D eigenvalue weighted by molar-refractivity contribution is -0.137. The minimum atomic E-state index is -4.38. The molecule has 1 saturated heterocycles. The van der Waals surface area contributed by atoms with E-state index >= 15 is 0 Å². The van der Waals surface area contributed by atoms with E-state index in [1.165, 1.54) is 17.0 Å². The first-order valence-corrected chi connectivity index (χ1v) is 6.67. The van der Waals surface area contributed by atoms with E-state index < -0.39 is 17.8 Å². The molecule has 1 aliphatic heterocycles. The van der Waals surface area contributed by atoms with Crippen LogP contribution in [0.5, 0.6) is 0 Å². The van der Waals surface area contributed by atoms with Gasteiger partial charge in [-0.3, -0.25) is 4.79 Å². The van der Waals surface area contributed by atoms with Gasteiger partial charge in [-0.15, -0.1) is 0 Å². The smallest absolute Gasteiger partial charge is 0.416 e. The summed E-state index contributed by atoms with van der Waals surface area (Å²) >= 11 is 0. The van der Waals surface area contributed by atoms with E-state index in [4.69, 9.17) is 4.74 Å². The van der Waals surface area contributed by atoms with E-state index in [0.717, 1.165) is 18.5 Å². The molecule has 1 aromatic rings. The zero-order valence-corrected chi connectivity index (χ0v) is 11.7. The average Bonchev–Trinajstić information content (AvgIpc) is 2.52. The number of amides is 2. The van der Waals surface area contributed by atoms with Gasteiger partial charge in [0.15, 0.2) is 0 Å². The fourth-order valence-electron chi connectivity index (χ4n) is 2.04. The zero-order valence-electron chi connectivity index (χ0n) is 11.7. The highest BCUT2D eigenvalue weighted by Gasteiger charge is 2.30. The highest BCUT2D eigenvalue weighted by Crippen LogP contribution is 2.29. The quantitative estimate of drug-likeness (QED) is 0.803. The molecule has 1 aromatic carbocycles. The maximum Gasteiger partial charge on any atom is 0.416 e. The molecule has 2 rings (SSSR count). The van der Waals surface area contributed by atoms with Crippen LogP contribution < -0.4 is 0 Å². The molecule has 0 unspecified atom stereocenters. The van der Waals surface area contributed by atoms with Crippen LogP contribution in [0.3, 0.4) is 0 Å². The Morgan fingerprint density at radius 3 is 2.23 bits per heavy atom. The summed E-state index contributed by atoms with van der Waals surface area (Å²) in [7, 11) is 0. The first-order chi connectivity index (χ1) is 10.4. The largest absolute Gasteiger partial charge is 0.445 e. The lowest BCUT2D eigenvalue weighted by Gasteiger charge is -2.31. The zero-order chi connectivity index (χ0) is 16.2. The molecule has 0 saturated carbocycles. The molecule has 0 bridgehead atoms. The van der Waals surface area contributed by atoms with Crippen LogP contribution in [0.2, 0.25) is 0 Å². The Labute approximate surface area is 125 Å². The highest BCUT2D eigenvalue weighted by molar-refractivity contribution is 5.68. The molecule has 5 nitrogen and oxygen atoms in total. The van der Waals surface area contributed by atoms with Gasteiger partial charge in [-0.25, -0.2) is 4.79 Å². The van der Waals surface area contributed by atoms with Gasteiger partial charge in [0, 0.05) is 26.2 Å². The summed E-state index contributed by atoms with van der Waals surface area (Å²) in [5, 5.41) is 0. The molecule has 8 heteroatoms. The summed E-state index contributed by atoms with van der Waals surface area (Å²) in [5.41, 5.74) is -0.263. The molecule has 0 radical (unpaired) electrons. The summed E-state index contributed by atoms with van der Waals surface area (Å²) in [6.07, 6.45) is -4.19. The van der Waals surface area contributed by atoms with E-state index in [-0.39, 0.29) is 6.61 Å². The van der Waals surface area contributed by atoms with E-state index in [1.807, 2.05) is 0 Å². The van der Waals surface area contributed by atoms with Crippen molar-refractivity contribution >= 4 is 12.5 Å². The number of benzene rings is 1. The van der Waals surface area contributed by atoms with Gasteiger partial charge in [-0.05, 0) is 17.7 Å². The second-order valence-corrected chi connectivity index (χ2v) is 4.88. The predicted octanol–water partition coefficient (Wildman–Crippen LogP) is 2.12. The molecular formula is C14H15F3N2O3. The molecule has 0 atom stereocenters. The normalized spacial score (nSPS) is 15.6. The van der Waals surface area contributed by atoms with Crippen LogP contribution in [0, 0.1) is 0 Å². The Kier molecular flexibility index (Phi) is 4.89. The first kappa shape index (κ1) is 16.1. The number of rotatable bonds is 3. The maximum atomic E-state index is 12.4. The van der Waals surface area contributed by atoms with Crippen molar-refractivity contribution in [3.05, 3.63) is 35.4 Å². The van der Waals surface area contributed by atoms with Crippen LogP contribution >= 0.6 is 0 Å². The molecule has 1 heterocycles. The Hall–Kier alpha value is -2.25. The van der Waals surface area contributed by atoms with Gasteiger partial charge in [0.05, 0.1) is 5.56 Å². The molecule has 1 aliphatic rings. The van der Waals surface area contributed by atoms with E-state index in [2.05, 4.69) is 0 Å². The maximum absolute atomic E-state index is 12.4. The SMILES string of the molecule is O=CN1CCN(C(=O)OCc2ccc(C(F)(F)F)cc2)CC1. The molecule has 0 spiro atoms.